The van der Waals surface area contributed by atoms with Gasteiger partial charge in [0, 0.05) is 50.6 Å². The average Bonchev–Trinajstić information content (AvgIpc) is 3.37. The van der Waals surface area contributed by atoms with Crippen LogP contribution < -0.4 is 10.6 Å². The van der Waals surface area contributed by atoms with Gasteiger partial charge in [0.25, 0.3) is 0 Å². The molecule has 258 valence electrons. The number of fused-ring (bicyclic) bond motifs is 1. The zero-order chi connectivity index (χ0) is 34.1. The van der Waals surface area contributed by atoms with Crippen LogP contribution in [-0.4, -0.2) is 94.9 Å². The highest BCUT2D eigenvalue weighted by atomic mass is 16.5. The second kappa shape index (κ2) is 16.7. The summed E-state index contributed by atoms with van der Waals surface area (Å²) in [6, 6.07) is 26.8. The van der Waals surface area contributed by atoms with Crippen molar-refractivity contribution in [1.29, 1.82) is 0 Å². The highest BCUT2D eigenvalue weighted by molar-refractivity contribution is 5.83. The smallest absolute Gasteiger partial charge is 0.239 e. The normalized spacial score (nSPS) is 21.3. The number of nitrogens with one attached hydrogen (secondary N) is 2. The highest BCUT2D eigenvalue weighted by Gasteiger charge is 2.37. The third kappa shape index (κ3) is 10.2. The summed E-state index contributed by atoms with van der Waals surface area (Å²) >= 11 is 0. The Morgan fingerprint density at radius 3 is 2.31 bits per heavy atom. The number of hydrogen-bond donors (Lipinski definition) is 4. The summed E-state index contributed by atoms with van der Waals surface area (Å²) in [5.74, 6) is -0.787. The van der Waals surface area contributed by atoms with Crippen molar-refractivity contribution in [2.45, 2.75) is 76.5 Å². The molecular formula is C39H52N4O5. The van der Waals surface area contributed by atoms with Crippen LogP contribution in [0.25, 0.3) is 0 Å². The summed E-state index contributed by atoms with van der Waals surface area (Å²) < 4.78 is 5.93. The largest absolute Gasteiger partial charge is 0.392 e. The number of piperazine rings is 1. The topological polar surface area (TPSA) is 114 Å². The van der Waals surface area contributed by atoms with Crippen LogP contribution in [0.5, 0.6) is 0 Å². The Morgan fingerprint density at radius 2 is 1.60 bits per heavy atom. The molecule has 1 fully saturated rings. The minimum atomic E-state index is -0.837. The van der Waals surface area contributed by atoms with Gasteiger partial charge in [-0.05, 0) is 55.9 Å². The van der Waals surface area contributed by atoms with Gasteiger partial charge < -0.3 is 25.6 Å². The number of hydrogen-bond acceptors (Lipinski definition) is 7. The Hall–Kier alpha value is -3.60. The molecule has 1 saturated heterocycles. The lowest BCUT2D eigenvalue weighted by molar-refractivity contribution is -0.132. The number of aliphatic hydroxyl groups is 2. The highest BCUT2D eigenvalue weighted by Crippen LogP contribution is 2.32. The van der Waals surface area contributed by atoms with Gasteiger partial charge in [0.1, 0.15) is 6.04 Å². The number of nitrogens with zero attached hydrogens (tertiary/aromatic N) is 2. The maximum atomic E-state index is 13.8. The molecule has 9 heteroatoms. The Labute approximate surface area is 285 Å². The molecule has 1 aliphatic carbocycles. The van der Waals surface area contributed by atoms with Crippen molar-refractivity contribution in [2.24, 2.45) is 5.92 Å². The number of aliphatic hydroxyl groups excluding tert-OH is 2. The maximum Gasteiger partial charge on any atom is 0.239 e. The second-order valence-electron chi connectivity index (χ2n) is 14.3. The second-order valence-corrected chi connectivity index (χ2v) is 14.3. The van der Waals surface area contributed by atoms with Gasteiger partial charge in [0.05, 0.1) is 31.5 Å². The van der Waals surface area contributed by atoms with Gasteiger partial charge in [0.2, 0.25) is 11.8 Å². The number of β-amino-alcohol motifs (C(OH)–C–C–N with tert-alkyl or cyclic N) is 1. The van der Waals surface area contributed by atoms with Crippen molar-refractivity contribution in [3.63, 3.8) is 0 Å². The van der Waals surface area contributed by atoms with Crippen LogP contribution >= 0.6 is 0 Å². The van der Waals surface area contributed by atoms with E-state index in [1.54, 1.807) is 0 Å². The first-order valence-electron chi connectivity index (χ1n) is 17.2. The Bertz CT molecular complexity index is 1460. The molecule has 5 rings (SSSR count). The van der Waals surface area contributed by atoms with Crippen LogP contribution in [-0.2, 0) is 33.8 Å². The molecule has 3 aromatic rings. The lowest BCUT2D eigenvalue weighted by Crippen LogP contribution is -2.62. The molecule has 48 heavy (non-hydrogen) atoms. The predicted octanol–water partition coefficient (Wildman–Crippen LogP) is 3.49. The molecular weight excluding hydrogens is 604 g/mol. The lowest BCUT2D eigenvalue weighted by atomic mass is 9.91. The Kier molecular flexibility index (Phi) is 12.4. The van der Waals surface area contributed by atoms with Crippen LogP contribution in [0, 0.1) is 5.92 Å². The van der Waals surface area contributed by atoms with E-state index in [0.717, 1.165) is 28.8 Å². The minimum absolute atomic E-state index is 0.0722. The summed E-state index contributed by atoms with van der Waals surface area (Å²) in [5, 5.41) is 28.6. The average molecular weight is 657 g/mol. The molecule has 0 saturated carbocycles. The van der Waals surface area contributed by atoms with Crippen LogP contribution in [0.15, 0.2) is 84.9 Å². The van der Waals surface area contributed by atoms with Crippen LogP contribution in [0.4, 0.5) is 0 Å². The van der Waals surface area contributed by atoms with Gasteiger partial charge >= 0.3 is 0 Å². The van der Waals surface area contributed by atoms with Gasteiger partial charge in [-0.15, -0.1) is 0 Å². The predicted molar refractivity (Wildman–Crippen MR) is 187 cm³/mol. The molecule has 0 radical (unpaired) electrons. The number of amides is 2. The van der Waals surface area contributed by atoms with Crippen molar-refractivity contribution < 1.29 is 24.5 Å². The standard InChI is InChI=1S/C39H52N4O5/c1-39(2,3)41-38(47)34-26-42(20-21-48-27-29-14-8-5-9-15-29)18-19-43(34)25-32(44)23-31(22-28-12-6-4-7-13-28)37(46)40-36-33-17-11-10-16-30(33)24-35(36)45/h4-17,31-32,34-36,44-45H,18-27H2,1-3H3,(H,40,46)(H,41,47)/t31-,32-,34-,35+,36-/m0/s1. The fourth-order valence-electron chi connectivity index (χ4n) is 6.83. The van der Waals surface area contributed by atoms with Gasteiger partial charge in [-0.25, -0.2) is 0 Å². The monoisotopic (exact) mass is 656 g/mol. The SMILES string of the molecule is CC(C)(C)NC(=O)[C@@H]1CN(CCOCc2ccccc2)CCN1C[C@@H](O)C[C@H](Cc1ccccc1)C(=O)N[C@H]1c2ccccc2C[C@H]1O. The Balaban J connectivity index is 1.23. The molecule has 2 amide bonds. The molecule has 0 spiro atoms. The number of rotatable bonds is 14. The zero-order valence-corrected chi connectivity index (χ0v) is 28.6. The molecule has 1 heterocycles. The van der Waals surface area contributed by atoms with Crippen molar-refractivity contribution in [3.05, 3.63) is 107 Å². The maximum absolute atomic E-state index is 13.8. The van der Waals surface area contributed by atoms with E-state index >= 15 is 0 Å². The van der Waals surface area contributed by atoms with Crippen molar-refractivity contribution in [3.8, 4) is 0 Å². The summed E-state index contributed by atoms with van der Waals surface area (Å²) in [4.78, 5) is 31.7. The lowest BCUT2D eigenvalue weighted by Gasteiger charge is -2.42. The van der Waals surface area contributed by atoms with E-state index in [1.807, 2.05) is 106 Å². The van der Waals surface area contributed by atoms with Gasteiger partial charge in [-0.1, -0.05) is 84.9 Å². The first kappa shape index (κ1) is 35.7. The first-order chi connectivity index (χ1) is 23.1. The van der Waals surface area contributed by atoms with Crippen LogP contribution in [0.1, 0.15) is 55.5 Å². The van der Waals surface area contributed by atoms with Crippen molar-refractivity contribution in [1.82, 2.24) is 20.4 Å². The summed E-state index contributed by atoms with van der Waals surface area (Å²) in [6.45, 7) is 9.86. The van der Waals surface area contributed by atoms with Crippen molar-refractivity contribution >= 4 is 11.8 Å². The molecule has 0 aromatic heterocycles. The fourth-order valence-corrected chi connectivity index (χ4v) is 6.83. The van der Waals surface area contributed by atoms with Gasteiger partial charge in [-0.3, -0.25) is 19.4 Å². The third-order valence-corrected chi connectivity index (χ3v) is 9.24. The van der Waals surface area contributed by atoms with E-state index in [-0.39, 0.29) is 24.8 Å². The molecule has 5 atom stereocenters. The molecule has 1 aliphatic heterocycles. The third-order valence-electron chi connectivity index (χ3n) is 9.24. The molecule has 4 N–H and O–H groups in total. The summed E-state index contributed by atoms with van der Waals surface area (Å²) in [6.07, 6.45) is -0.353. The van der Waals surface area contributed by atoms with E-state index in [2.05, 4.69) is 20.4 Å². The minimum Gasteiger partial charge on any atom is -0.392 e. The quantitative estimate of drug-likeness (QED) is 0.197. The van der Waals surface area contributed by atoms with E-state index in [9.17, 15) is 19.8 Å². The fraction of sp³-hybridized carbons (Fsp3) is 0.487. The first-order valence-corrected chi connectivity index (χ1v) is 17.2. The van der Waals surface area contributed by atoms with E-state index in [0.29, 0.717) is 45.7 Å². The number of carbonyl (C=O) groups is 2. The zero-order valence-electron chi connectivity index (χ0n) is 28.6. The summed E-state index contributed by atoms with van der Waals surface area (Å²) in [5.41, 5.74) is 3.71. The Morgan fingerprint density at radius 1 is 0.938 bits per heavy atom. The summed E-state index contributed by atoms with van der Waals surface area (Å²) in [7, 11) is 0. The van der Waals surface area contributed by atoms with Crippen molar-refractivity contribution in [2.75, 3.05) is 39.3 Å². The van der Waals surface area contributed by atoms with E-state index < -0.39 is 35.7 Å². The van der Waals surface area contributed by atoms with Crippen LogP contribution in [0.2, 0.25) is 0 Å². The van der Waals surface area contributed by atoms with E-state index in [4.69, 9.17) is 4.74 Å². The molecule has 2 aliphatic rings. The number of ether oxygens (including phenoxy) is 1. The van der Waals surface area contributed by atoms with Gasteiger partial charge in [-0.2, -0.15) is 0 Å². The molecule has 9 nitrogen and oxygen atoms in total. The van der Waals surface area contributed by atoms with E-state index in [1.165, 1.54) is 0 Å². The molecule has 0 unspecified atom stereocenters. The number of carbonyl (C=O) groups excluding carboxylic acids is 2. The van der Waals surface area contributed by atoms with Crippen LogP contribution in [0.3, 0.4) is 0 Å². The number of benzene rings is 3. The molecule has 0 bridgehead atoms. The molecule has 3 aromatic carbocycles. The van der Waals surface area contributed by atoms with Gasteiger partial charge in [0.15, 0.2) is 0 Å².